The Bertz CT molecular complexity index is 441. The Kier molecular flexibility index (Phi) is 4.64. The molecule has 1 aromatic heterocycles. The van der Waals surface area contributed by atoms with Gasteiger partial charge in [0.15, 0.2) is 0 Å². The number of aromatic nitrogens is 2. The zero-order valence-electron chi connectivity index (χ0n) is 10.9. The van der Waals surface area contributed by atoms with Crippen molar-refractivity contribution >= 4 is 11.9 Å². The van der Waals surface area contributed by atoms with Gasteiger partial charge in [0.1, 0.15) is 0 Å². The number of anilines is 1. The van der Waals surface area contributed by atoms with Gasteiger partial charge in [-0.1, -0.05) is 0 Å². The highest BCUT2D eigenvalue weighted by Crippen LogP contribution is 2.12. The molecule has 0 unspecified atom stereocenters. The summed E-state index contributed by atoms with van der Waals surface area (Å²) in [6.45, 7) is 2.61. The highest BCUT2D eigenvalue weighted by Gasteiger charge is 2.25. The molecule has 2 rings (SSSR count). The van der Waals surface area contributed by atoms with Gasteiger partial charge in [-0.15, -0.1) is 0 Å². The maximum absolute atomic E-state index is 12.0. The topological polar surface area (TPSA) is 78.8 Å². The minimum absolute atomic E-state index is 0.0429. The van der Waals surface area contributed by atoms with E-state index in [4.69, 9.17) is 9.84 Å². The number of hydrogen-bond acceptors (Lipinski definition) is 6. The van der Waals surface area contributed by atoms with Crippen molar-refractivity contribution in [1.82, 2.24) is 14.9 Å². The number of amides is 1. The lowest BCUT2D eigenvalue weighted by Crippen LogP contribution is -2.51. The second-order valence-electron chi connectivity index (χ2n) is 4.30. The van der Waals surface area contributed by atoms with Crippen LogP contribution < -0.4 is 4.90 Å². The van der Waals surface area contributed by atoms with E-state index in [1.54, 1.807) is 24.3 Å². The number of carbonyl (C=O) groups excluding carboxylic acids is 1. The Hall–Kier alpha value is -1.73. The lowest BCUT2D eigenvalue weighted by Gasteiger charge is -2.34. The monoisotopic (exact) mass is 266 g/mol. The predicted molar refractivity (Wildman–Crippen MR) is 68.6 cm³/mol. The summed E-state index contributed by atoms with van der Waals surface area (Å²) in [6.07, 6.45) is 1.59. The lowest BCUT2D eigenvalue weighted by atomic mass is 10.3. The fraction of sp³-hybridized carbons (Fsp3) is 0.583. The number of ether oxygens (including phenoxy) is 1. The Morgan fingerprint density at radius 1 is 1.47 bits per heavy atom. The Balaban J connectivity index is 1.99. The van der Waals surface area contributed by atoms with Crippen molar-refractivity contribution in [3.8, 4) is 0 Å². The van der Waals surface area contributed by atoms with Gasteiger partial charge in [0.25, 0.3) is 0 Å². The van der Waals surface area contributed by atoms with Crippen molar-refractivity contribution in [2.75, 3.05) is 44.8 Å². The van der Waals surface area contributed by atoms with Crippen molar-refractivity contribution < 1.29 is 14.6 Å². The van der Waals surface area contributed by atoms with Gasteiger partial charge in [0.2, 0.25) is 11.9 Å². The van der Waals surface area contributed by atoms with Crippen LogP contribution >= 0.6 is 0 Å². The summed E-state index contributed by atoms with van der Waals surface area (Å²) in [5.41, 5.74) is 0.555. The lowest BCUT2D eigenvalue weighted by molar-refractivity contribution is -0.131. The molecule has 19 heavy (non-hydrogen) atoms. The molecule has 0 atom stereocenters. The smallest absolute Gasteiger partial charge is 0.242 e. The predicted octanol–water partition coefficient (Wildman–Crippen LogP) is -0.736. The van der Waals surface area contributed by atoms with Crippen LogP contribution in [0.3, 0.4) is 0 Å². The van der Waals surface area contributed by atoms with E-state index in [9.17, 15) is 4.79 Å². The molecule has 0 saturated carbocycles. The number of piperazine rings is 1. The summed E-state index contributed by atoms with van der Waals surface area (Å²) in [4.78, 5) is 23.9. The molecule has 0 bridgehead atoms. The standard InChI is InChI=1S/C12H18N4O3/c1-19-7-6-15-4-5-16(8-11(15)18)12-13-3-2-10(9-17)14-12/h2-3,17H,4-9H2,1H3. The van der Waals surface area contributed by atoms with Crippen LogP contribution in [-0.4, -0.2) is 65.8 Å². The van der Waals surface area contributed by atoms with E-state index >= 15 is 0 Å². The van der Waals surface area contributed by atoms with E-state index in [1.165, 1.54) is 0 Å². The summed E-state index contributed by atoms with van der Waals surface area (Å²) in [5.74, 6) is 0.535. The van der Waals surface area contributed by atoms with Crippen molar-refractivity contribution in [2.45, 2.75) is 6.61 Å². The van der Waals surface area contributed by atoms with E-state index in [-0.39, 0.29) is 19.1 Å². The quantitative estimate of drug-likeness (QED) is 0.756. The largest absolute Gasteiger partial charge is 0.390 e. The number of methoxy groups -OCH3 is 1. The van der Waals surface area contributed by atoms with Gasteiger partial charge in [0, 0.05) is 32.9 Å². The molecule has 1 N–H and O–H groups in total. The molecule has 0 radical (unpaired) electrons. The van der Waals surface area contributed by atoms with Crippen LogP contribution in [-0.2, 0) is 16.1 Å². The Morgan fingerprint density at radius 3 is 3.00 bits per heavy atom. The van der Waals surface area contributed by atoms with Crippen molar-refractivity contribution in [1.29, 1.82) is 0 Å². The van der Waals surface area contributed by atoms with Crippen molar-refractivity contribution in [2.24, 2.45) is 0 Å². The second-order valence-corrected chi connectivity index (χ2v) is 4.30. The summed E-state index contributed by atoms with van der Waals surface area (Å²) in [5, 5.41) is 9.05. The Morgan fingerprint density at radius 2 is 2.32 bits per heavy atom. The third-order valence-corrected chi connectivity index (χ3v) is 3.03. The zero-order valence-corrected chi connectivity index (χ0v) is 10.9. The molecular weight excluding hydrogens is 248 g/mol. The average molecular weight is 266 g/mol. The minimum Gasteiger partial charge on any atom is -0.390 e. The van der Waals surface area contributed by atoms with Crippen LogP contribution in [0.25, 0.3) is 0 Å². The maximum atomic E-state index is 12.0. The first-order chi connectivity index (χ1) is 9.24. The fourth-order valence-electron chi connectivity index (χ4n) is 1.94. The Labute approximate surface area is 111 Å². The third-order valence-electron chi connectivity index (χ3n) is 3.03. The number of aliphatic hydroxyl groups is 1. The van der Waals surface area contributed by atoms with Gasteiger partial charge in [-0.05, 0) is 6.07 Å². The highest BCUT2D eigenvalue weighted by molar-refractivity contribution is 5.82. The molecule has 7 nitrogen and oxygen atoms in total. The molecule has 1 amide bonds. The molecule has 7 heteroatoms. The van der Waals surface area contributed by atoms with E-state index < -0.39 is 0 Å². The number of rotatable bonds is 5. The summed E-state index contributed by atoms with van der Waals surface area (Å²) >= 11 is 0. The fourth-order valence-corrected chi connectivity index (χ4v) is 1.94. The van der Waals surface area contributed by atoms with Crippen molar-refractivity contribution in [3.63, 3.8) is 0 Å². The van der Waals surface area contributed by atoms with E-state index in [0.717, 1.165) is 0 Å². The first-order valence-electron chi connectivity index (χ1n) is 6.19. The highest BCUT2D eigenvalue weighted by atomic mass is 16.5. The number of hydrogen-bond donors (Lipinski definition) is 1. The minimum atomic E-state index is -0.128. The molecule has 1 fully saturated rings. The van der Waals surface area contributed by atoms with Gasteiger partial charge in [-0.25, -0.2) is 9.97 Å². The third kappa shape index (κ3) is 3.39. The molecule has 1 aromatic rings. The molecule has 1 aliphatic rings. The van der Waals surface area contributed by atoms with E-state index in [0.29, 0.717) is 37.9 Å². The number of carbonyl (C=O) groups is 1. The first-order valence-corrected chi connectivity index (χ1v) is 6.19. The molecule has 104 valence electrons. The van der Waals surface area contributed by atoms with E-state index in [1.807, 2.05) is 4.90 Å². The van der Waals surface area contributed by atoms with Gasteiger partial charge >= 0.3 is 0 Å². The summed E-state index contributed by atoms with van der Waals surface area (Å²) < 4.78 is 4.97. The summed E-state index contributed by atoms with van der Waals surface area (Å²) in [6, 6.07) is 1.65. The molecule has 0 aliphatic carbocycles. The van der Waals surface area contributed by atoms with Crippen LogP contribution in [0.4, 0.5) is 5.95 Å². The molecule has 0 spiro atoms. The molecule has 0 aromatic carbocycles. The van der Waals surface area contributed by atoms with Crippen LogP contribution in [0.1, 0.15) is 5.69 Å². The number of aliphatic hydroxyl groups excluding tert-OH is 1. The first kappa shape index (κ1) is 13.7. The zero-order chi connectivity index (χ0) is 13.7. The van der Waals surface area contributed by atoms with Gasteiger partial charge in [0.05, 0.1) is 25.5 Å². The van der Waals surface area contributed by atoms with E-state index in [2.05, 4.69) is 9.97 Å². The van der Waals surface area contributed by atoms with Crippen LogP contribution in [0, 0.1) is 0 Å². The summed E-state index contributed by atoms with van der Waals surface area (Å²) in [7, 11) is 1.62. The van der Waals surface area contributed by atoms with Gasteiger partial charge in [-0.2, -0.15) is 0 Å². The molecule has 2 heterocycles. The average Bonchev–Trinajstić information content (AvgIpc) is 2.46. The van der Waals surface area contributed by atoms with Crippen LogP contribution in [0.5, 0.6) is 0 Å². The SMILES string of the molecule is COCCN1CCN(c2nccc(CO)n2)CC1=O. The molecular formula is C12H18N4O3. The van der Waals surface area contributed by atoms with Crippen LogP contribution in [0.15, 0.2) is 12.3 Å². The normalized spacial score (nSPS) is 16.0. The number of nitrogens with zero attached hydrogens (tertiary/aromatic N) is 4. The van der Waals surface area contributed by atoms with Gasteiger partial charge < -0.3 is 19.6 Å². The second kappa shape index (κ2) is 6.44. The van der Waals surface area contributed by atoms with Crippen molar-refractivity contribution in [3.05, 3.63) is 18.0 Å². The maximum Gasteiger partial charge on any atom is 0.242 e. The molecule has 1 aliphatic heterocycles. The van der Waals surface area contributed by atoms with Crippen LogP contribution in [0.2, 0.25) is 0 Å². The molecule has 1 saturated heterocycles. The van der Waals surface area contributed by atoms with Gasteiger partial charge in [-0.3, -0.25) is 4.79 Å².